The van der Waals surface area contributed by atoms with Gasteiger partial charge < -0.3 is 10.5 Å². The quantitative estimate of drug-likeness (QED) is 0.796. The number of benzene rings is 2. The first-order valence-electron chi connectivity index (χ1n) is 5.49. The highest BCUT2D eigenvalue weighted by atomic mass is 79.9. The maximum atomic E-state index is 5.80. The highest BCUT2D eigenvalue weighted by Gasteiger charge is 2.08. The summed E-state index contributed by atoms with van der Waals surface area (Å²) in [5.74, 6) is 0.768. The summed E-state index contributed by atoms with van der Waals surface area (Å²) in [5.41, 5.74) is 8.81. The van der Waals surface area contributed by atoms with Crippen LogP contribution >= 0.6 is 31.9 Å². The largest absolute Gasteiger partial charge is 0.487 e. The molecule has 2 aromatic carbocycles. The third-order valence-corrected chi connectivity index (χ3v) is 3.70. The molecule has 2 rings (SSSR count). The van der Waals surface area contributed by atoms with Crippen LogP contribution in [0.3, 0.4) is 0 Å². The molecule has 94 valence electrons. The van der Waals surface area contributed by atoms with Crippen molar-refractivity contribution < 1.29 is 4.74 Å². The van der Waals surface area contributed by atoms with Crippen molar-refractivity contribution in [3.05, 3.63) is 56.5 Å². The van der Waals surface area contributed by atoms with Crippen LogP contribution in [0.2, 0.25) is 0 Å². The van der Waals surface area contributed by atoms with Gasteiger partial charge in [0, 0.05) is 5.69 Å². The molecule has 18 heavy (non-hydrogen) atoms. The minimum atomic E-state index is 0.529. The first-order valence-corrected chi connectivity index (χ1v) is 7.08. The number of ether oxygens (including phenoxy) is 1. The van der Waals surface area contributed by atoms with E-state index in [1.54, 1.807) is 0 Å². The van der Waals surface area contributed by atoms with Crippen LogP contribution in [0.5, 0.6) is 5.75 Å². The zero-order valence-corrected chi connectivity index (χ0v) is 13.1. The van der Waals surface area contributed by atoms with Gasteiger partial charge >= 0.3 is 0 Å². The van der Waals surface area contributed by atoms with E-state index in [-0.39, 0.29) is 0 Å². The van der Waals surface area contributed by atoms with Crippen molar-refractivity contribution >= 4 is 37.5 Å². The molecule has 0 aliphatic carbocycles. The van der Waals surface area contributed by atoms with Gasteiger partial charge in [0.1, 0.15) is 12.4 Å². The van der Waals surface area contributed by atoms with Crippen LogP contribution < -0.4 is 10.5 Å². The minimum absolute atomic E-state index is 0.529. The molecule has 0 atom stereocenters. The molecule has 0 aliphatic rings. The van der Waals surface area contributed by atoms with Crippen LogP contribution in [-0.4, -0.2) is 0 Å². The van der Waals surface area contributed by atoms with E-state index in [9.17, 15) is 0 Å². The highest BCUT2D eigenvalue weighted by molar-refractivity contribution is 9.11. The number of hydrogen-bond donors (Lipinski definition) is 1. The van der Waals surface area contributed by atoms with E-state index in [1.807, 2.05) is 12.1 Å². The molecule has 0 bridgehead atoms. The van der Waals surface area contributed by atoms with Gasteiger partial charge in [0.05, 0.1) is 8.95 Å². The van der Waals surface area contributed by atoms with Crippen LogP contribution in [0.25, 0.3) is 0 Å². The Kier molecular flexibility index (Phi) is 4.30. The Morgan fingerprint density at radius 2 is 1.61 bits per heavy atom. The third-order valence-electron chi connectivity index (χ3n) is 2.52. The Bertz CT molecular complexity index is 529. The molecule has 0 radical (unpaired) electrons. The van der Waals surface area contributed by atoms with Gasteiger partial charge in [-0.1, -0.05) is 29.8 Å². The molecule has 0 spiro atoms. The van der Waals surface area contributed by atoms with E-state index in [2.05, 4.69) is 63.0 Å². The molecule has 2 nitrogen and oxygen atoms in total. The molecule has 0 fully saturated rings. The molecule has 4 heteroatoms. The van der Waals surface area contributed by atoms with Crippen LogP contribution in [0.15, 0.2) is 45.3 Å². The molecular formula is C14H13Br2NO. The lowest BCUT2D eigenvalue weighted by Gasteiger charge is -2.11. The highest BCUT2D eigenvalue weighted by Crippen LogP contribution is 2.36. The predicted molar refractivity (Wildman–Crippen MR) is 81.8 cm³/mol. The number of anilines is 1. The summed E-state index contributed by atoms with van der Waals surface area (Å²) in [5, 5.41) is 0. The molecule has 2 N–H and O–H groups in total. The molecule has 0 aromatic heterocycles. The van der Waals surface area contributed by atoms with Gasteiger partial charge in [-0.05, 0) is 56.5 Å². The second-order valence-corrected chi connectivity index (χ2v) is 5.80. The molecule has 0 saturated carbocycles. The molecule has 0 heterocycles. The summed E-state index contributed by atoms with van der Waals surface area (Å²) in [6, 6.07) is 11.9. The molecule has 0 unspecified atom stereocenters. The molecule has 0 saturated heterocycles. The van der Waals surface area contributed by atoms with Crippen molar-refractivity contribution in [2.45, 2.75) is 13.5 Å². The lowest BCUT2D eigenvalue weighted by Crippen LogP contribution is -1.98. The average Bonchev–Trinajstić information content (AvgIpc) is 2.30. The fourth-order valence-electron chi connectivity index (χ4n) is 1.56. The number of halogens is 2. The monoisotopic (exact) mass is 369 g/mol. The minimum Gasteiger partial charge on any atom is -0.487 e. The Morgan fingerprint density at radius 3 is 2.17 bits per heavy atom. The van der Waals surface area contributed by atoms with E-state index in [4.69, 9.17) is 10.5 Å². The van der Waals surface area contributed by atoms with Gasteiger partial charge in [0.25, 0.3) is 0 Å². The standard InChI is InChI=1S/C14H13Br2NO/c1-9-2-4-10(5-3-9)8-18-14-12(15)6-11(17)7-13(14)16/h2-7H,8,17H2,1H3. The Hall–Kier alpha value is -1.000. The third kappa shape index (κ3) is 3.27. The van der Waals surface area contributed by atoms with E-state index in [1.165, 1.54) is 5.56 Å². The topological polar surface area (TPSA) is 35.2 Å². The lowest BCUT2D eigenvalue weighted by atomic mass is 10.2. The van der Waals surface area contributed by atoms with E-state index in [0.29, 0.717) is 12.3 Å². The molecular weight excluding hydrogens is 358 g/mol. The number of aryl methyl sites for hydroxylation is 1. The summed E-state index contributed by atoms with van der Waals surface area (Å²) in [7, 11) is 0. The van der Waals surface area contributed by atoms with Gasteiger partial charge in [-0.25, -0.2) is 0 Å². The van der Waals surface area contributed by atoms with E-state index < -0.39 is 0 Å². The van der Waals surface area contributed by atoms with Crippen LogP contribution in [0, 0.1) is 6.92 Å². The van der Waals surface area contributed by atoms with Crippen molar-refractivity contribution in [3.8, 4) is 5.75 Å². The number of nitrogens with two attached hydrogens (primary N) is 1. The zero-order chi connectivity index (χ0) is 13.1. The van der Waals surface area contributed by atoms with E-state index >= 15 is 0 Å². The fraction of sp³-hybridized carbons (Fsp3) is 0.143. The summed E-state index contributed by atoms with van der Waals surface area (Å²) in [6.07, 6.45) is 0. The average molecular weight is 371 g/mol. The first-order chi connectivity index (χ1) is 8.56. The normalized spacial score (nSPS) is 10.4. The van der Waals surface area contributed by atoms with Crippen molar-refractivity contribution in [2.24, 2.45) is 0 Å². The first kappa shape index (κ1) is 13.4. The Balaban J connectivity index is 2.13. The van der Waals surface area contributed by atoms with Crippen LogP contribution in [0.1, 0.15) is 11.1 Å². The second-order valence-electron chi connectivity index (χ2n) is 4.09. The van der Waals surface area contributed by atoms with Crippen molar-refractivity contribution in [2.75, 3.05) is 5.73 Å². The summed E-state index contributed by atoms with van der Waals surface area (Å²) in [4.78, 5) is 0. The van der Waals surface area contributed by atoms with Gasteiger partial charge in [0.15, 0.2) is 0 Å². The number of rotatable bonds is 3. The number of nitrogen functional groups attached to an aromatic ring is 1. The number of hydrogen-bond acceptors (Lipinski definition) is 2. The summed E-state index contributed by atoms with van der Waals surface area (Å²) < 4.78 is 7.50. The van der Waals surface area contributed by atoms with Gasteiger partial charge in [-0.2, -0.15) is 0 Å². The summed E-state index contributed by atoms with van der Waals surface area (Å²) >= 11 is 6.90. The Morgan fingerprint density at radius 1 is 1.06 bits per heavy atom. The smallest absolute Gasteiger partial charge is 0.148 e. The lowest BCUT2D eigenvalue weighted by molar-refractivity contribution is 0.302. The van der Waals surface area contributed by atoms with Crippen LogP contribution in [-0.2, 0) is 6.61 Å². The molecule has 0 aliphatic heterocycles. The van der Waals surface area contributed by atoms with Gasteiger partial charge in [-0.15, -0.1) is 0 Å². The SMILES string of the molecule is Cc1ccc(COc2c(Br)cc(N)cc2Br)cc1. The molecule has 2 aromatic rings. The predicted octanol–water partition coefficient (Wildman–Crippen LogP) is 4.68. The van der Waals surface area contributed by atoms with Gasteiger partial charge in [0.2, 0.25) is 0 Å². The second kappa shape index (κ2) is 5.76. The zero-order valence-electron chi connectivity index (χ0n) is 9.91. The van der Waals surface area contributed by atoms with Gasteiger partial charge in [-0.3, -0.25) is 0 Å². The van der Waals surface area contributed by atoms with Crippen molar-refractivity contribution in [1.82, 2.24) is 0 Å². The Labute approximate surface area is 123 Å². The summed E-state index contributed by atoms with van der Waals surface area (Å²) in [6.45, 7) is 2.60. The maximum Gasteiger partial charge on any atom is 0.148 e. The van der Waals surface area contributed by atoms with E-state index in [0.717, 1.165) is 20.3 Å². The van der Waals surface area contributed by atoms with Crippen LogP contribution in [0.4, 0.5) is 5.69 Å². The fourth-order valence-corrected chi connectivity index (χ4v) is 3.01. The van der Waals surface area contributed by atoms with Crippen molar-refractivity contribution in [3.63, 3.8) is 0 Å². The molecule has 0 amide bonds. The maximum absolute atomic E-state index is 5.80. The van der Waals surface area contributed by atoms with Crippen molar-refractivity contribution in [1.29, 1.82) is 0 Å².